The van der Waals surface area contributed by atoms with Crippen molar-refractivity contribution in [3.05, 3.63) is 40.8 Å². The molecule has 5 heteroatoms. The van der Waals surface area contributed by atoms with Crippen molar-refractivity contribution in [1.29, 1.82) is 0 Å². The molecule has 2 rings (SSSR count). The highest BCUT2D eigenvalue weighted by atomic mass is 16.5. The van der Waals surface area contributed by atoms with E-state index in [4.69, 9.17) is 4.74 Å². The van der Waals surface area contributed by atoms with Gasteiger partial charge >= 0.3 is 0 Å². The number of fused-ring (bicyclic) bond motifs is 1. The second-order valence-electron chi connectivity index (χ2n) is 5.28. The van der Waals surface area contributed by atoms with Gasteiger partial charge in [0.1, 0.15) is 0 Å². The molecule has 0 aliphatic carbocycles. The monoisotopic (exact) mass is 289 g/mol. The summed E-state index contributed by atoms with van der Waals surface area (Å²) in [5.41, 5.74) is -0.0296. The highest BCUT2D eigenvalue weighted by Crippen LogP contribution is 2.05. The summed E-state index contributed by atoms with van der Waals surface area (Å²) in [6.45, 7) is 7.02. The molecule has 0 saturated carbocycles. The normalized spacial score (nSPS) is 11.4. The highest BCUT2D eigenvalue weighted by molar-refractivity contribution is 5.80. The maximum absolute atomic E-state index is 12.2. The third-order valence-electron chi connectivity index (χ3n) is 3.21. The van der Waals surface area contributed by atoms with Gasteiger partial charge in [-0.1, -0.05) is 18.2 Å². The van der Waals surface area contributed by atoms with Crippen molar-refractivity contribution in [3.63, 3.8) is 0 Å². The maximum Gasteiger partial charge on any atom is 0.274 e. The zero-order valence-electron chi connectivity index (χ0n) is 12.7. The van der Waals surface area contributed by atoms with Crippen LogP contribution in [0.3, 0.4) is 0 Å². The lowest BCUT2D eigenvalue weighted by molar-refractivity contribution is 0.0771. The SMILES string of the molecule is CC(C)OCCCNCCn1ncc2ccccc2c1=O. The number of rotatable bonds is 8. The van der Waals surface area contributed by atoms with E-state index in [9.17, 15) is 4.79 Å². The number of aromatic nitrogens is 2. The van der Waals surface area contributed by atoms with Crippen molar-refractivity contribution in [1.82, 2.24) is 15.1 Å². The van der Waals surface area contributed by atoms with Crippen molar-refractivity contribution >= 4 is 10.8 Å². The van der Waals surface area contributed by atoms with E-state index in [1.807, 2.05) is 38.1 Å². The summed E-state index contributed by atoms with van der Waals surface area (Å²) >= 11 is 0. The minimum absolute atomic E-state index is 0.0296. The van der Waals surface area contributed by atoms with E-state index >= 15 is 0 Å². The quantitative estimate of drug-likeness (QED) is 0.753. The van der Waals surface area contributed by atoms with Crippen molar-refractivity contribution in [2.75, 3.05) is 19.7 Å². The fourth-order valence-electron chi connectivity index (χ4n) is 2.11. The largest absolute Gasteiger partial charge is 0.379 e. The van der Waals surface area contributed by atoms with Crippen LogP contribution in [0.25, 0.3) is 10.8 Å². The second kappa shape index (κ2) is 7.90. The van der Waals surface area contributed by atoms with Gasteiger partial charge in [-0.25, -0.2) is 4.68 Å². The number of hydrogen-bond acceptors (Lipinski definition) is 4. The molecule has 0 bridgehead atoms. The fraction of sp³-hybridized carbons (Fsp3) is 0.500. The Morgan fingerprint density at radius 1 is 1.29 bits per heavy atom. The Balaban J connectivity index is 1.79. The molecule has 2 aromatic rings. The molecule has 1 heterocycles. The van der Waals surface area contributed by atoms with Gasteiger partial charge in [0.05, 0.1) is 24.2 Å². The van der Waals surface area contributed by atoms with E-state index in [1.165, 1.54) is 4.68 Å². The molecular weight excluding hydrogens is 266 g/mol. The van der Waals surface area contributed by atoms with Gasteiger partial charge in [0.15, 0.2) is 0 Å². The lowest BCUT2D eigenvalue weighted by Gasteiger charge is -2.09. The third-order valence-corrected chi connectivity index (χ3v) is 3.21. The molecule has 0 atom stereocenters. The predicted octanol–water partition coefficient (Wildman–Crippen LogP) is 1.80. The van der Waals surface area contributed by atoms with E-state index in [-0.39, 0.29) is 11.7 Å². The van der Waals surface area contributed by atoms with Gasteiger partial charge in [-0.05, 0) is 32.9 Å². The van der Waals surface area contributed by atoms with Gasteiger partial charge < -0.3 is 10.1 Å². The van der Waals surface area contributed by atoms with Crippen LogP contribution in [-0.2, 0) is 11.3 Å². The molecular formula is C16H23N3O2. The van der Waals surface area contributed by atoms with Gasteiger partial charge in [0.25, 0.3) is 5.56 Å². The highest BCUT2D eigenvalue weighted by Gasteiger charge is 2.02. The lowest BCUT2D eigenvalue weighted by atomic mass is 10.2. The van der Waals surface area contributed by atoms with Gasteiger partial charge in [-0.15, -0.1) is 0 Å². The molecule has 0 unspecified atom stereocenters. The number of ether oxygens (including phenoxy) is 1. The average molecular weight is 289 g/mol. The molecule has 0 saturated heterocycles. The molecule has 114 valence electrons. The van der Waals surface area contributed by atoms with E-state index in [0.717, 1.165) is 36.9 Å². The molecule has 0 spiro atoms. The van der Waals surface area contributed by atoms with Crippen LogP contribution in [0.15, 0.2) is 35.3 Å². The molecule has 21 heavy (non-hydrogen) atoms. The summed E-state index contributed by atoms with van der Waals surface area (Å²) in [5, 5.41) is 9.11. The topological polar surface area (TPSA) is 56.1 Å². The Hall–Kier alpha value is -1.72. The Morgan fingerprint density at radius 2 is 2.10 bits per heavy atom. The maximum atomic E-state index is 12.2. The summed E-state index contributed by atoms with van der Waals surface area (Å²) in [6.07, 6.45) is 3.00. The zero-order valence-corrected chi connectivity index (χ0v) is 12.7. The molecule has 0 radical (unpaired) electrons. The molecule has 0 aliphatic rings. The van der Waals surface area contributed by atoms with E-state index in [1.54, 1.807) is 6.20 Å². The first kappa shape index (κ1) is 15.7. The number of hydrogen-bond donors (Lipinski definition) is 1. The van der Waals surface area contributed by atoms with Crippen LogP contribution in [-0.4, -0.2) is 35.6 Å². The Morgan fingerprint density at radius 3 is 2.90 bits per heavy atom. The van der Waals surface area contributed by atoms with Gasteiger partial charge in [0.2, 0.25) is 0 Å². The average Bonchev–Trinajstić information content (AvgIpc) is 2.48. The van der Waals surface area contributed by atoms with Crippen molar-refractivity contribution in [3.8, 4) is 0 Å². The van der Waals surface area contributed by atoms with Gasteiger partial charge in [-0.3, -0.25) is 4.79 Å². The molecule has 1 aromatic heterocycles. The van der Waals surface area contributed by atoms with Crippen LogP contribution in [0, 0.1) is 0 Å². The summed E-state index contributed by atoms with van der Waals surface area (Å²) < 4.78 is 6.98. The van der Waals surface area contributed by atoms with Gasteiger partial charge in [0, 0.05) is 18.5 Å². The van der Waals surface area contributed by atoms with Gasteiger partial charge in [-0.2, -0.15) is 5.10 Å². The summed E-state index contributed by atoms with van der Waals surface area (Å²) in [4.78, 5) is 12.2. The molecule has 0 amide bonds. The minimum Gasteiger partial charge on any atom is -0.379 e. The van der Waals surface area contributed by atoms with E-state index in [0.29, 0.717) is 6.54 Å². The standard InChI is InChI=1S/C16H23N3O2/c1-13(2)21-11-5-8-17-9-10-19-16(20)15-7-4-3-6-14(15)12-18-19/h3-4,6-7,12-13,17H,5,8-11H2,1-2H3. The number of benzene rings is 1. The van der Waals surface area contributed by atoms with Crippen LogP contribution in [0.4, 0.5) is 0 Å². The molecule has 1 aromatic carbocycles. The number of nitrogens with one attached hydrogen (secondary N) is 1. The Bertz CT molecular complexity index is 622. The second-order valence-corrected chi connectivity index (χ2v) is 5.28. The summed E-state index contributed by atoms with van der Waals surface area (Å²) in [6, 6.07) is 7.53. The number of nitrogens with zero attached hydrogens (tertiary/aromatic N) is 2. The predicted molar refractivity (Wildman–Crippen MR) is 84.6 cm³/mol. The third kappa shape index (κ3) is 4.65. The summed E-state index contributed by atoms with van der Waals surface area (Å²) in [5.74, 6) is 0. The van der Waals surface area contributed by atoms with Crippen LogP contribution in [0.2, 0.25) is 0 Å². The Kier molecular flexibility index (Phi) is 5.90. The first-order valence-corrected chi connectivity index (χ1v) is 7.45. The lowest BCUT2D eigenvalue weighted by Crippen LogP contribution is -2.29. The zero-order chi connectivity index (χ0) is 15.1. The first-order valence-electron chi connectivity index (χ1n) is 7.45. The Labute approximate surface area is 124 Å². The minimum atomic E-state index is -0.0296. The van der Waals surface area contributed by atoms with Crippen molar-refractivity contribution in [2.45, 2.75) is 32.9 Å². The smallest absolute Gasteiger partial charge is 0.274 e. The molecule has 1 N–H and O–H groups in total. The van der Waals surface area contributed by atoms with Crippen LogP contribution >= 0.6 is 0 Å². The van der Waals surface area contributed by atoms with Crippen LogP contribution in [0.1, 0.15) is 20.3 Å². The van der Waals surface area contributed by atoms with E-state index in [2.05, 4.69) is 10.4 Å². The van der Waals surface area contributed by atoms with Crippen molar-refractivity contribution < 1.29 is 4.74 Å². The first-order chi connectivity index (χ1) is 10.2. The van der Waals surface area contributed by atoms with Crippen LogP contribution < -0.4 is 10.9 Å². The summed E-state index contributed by atoms with van der Waals surface area (Å²) in [7, 11) is 0. The fourth-order valence-corrected chi connectivity index (χ4v) is 2.11. The molecule has 0 aliphatic heterocycles. The van der Waals surface area contributed by atoms with Crippen molar-refractivity contribution in [2.24, 2.45) is 0 Å². The molecule has 5 nitrogen and oxygen atoms in total. The van der Waals surface area contributed by atoms with Crippen LogP contribution in [0.5, 0.6) is 0 Å². The van der Waals surface area contributed by atoms with E-state index < -0.39 is 0 Å². The molecule has 0 fully saturated rings.